The summed E-state index contributed by atoms with van der Waals surface area (Å²) in [7, 11) is 1.60. The quantitative estimate of drug-likeness (QED) is 0.576. The predicted octanol–water partition coefficient (Wildman–Crippen LogP) is 3.66. The standard InChI is InChI=1S/C18H16ClN5O2/c1-26-12-8-6-11(7-9-12)10-21-17-15(16(20)25)18(24-23-17)22-14-5-3-2-4-13(14)19/h2-10H,1H3,(H2,20,25)(H2,22,23,24)/b21-10+. The van der Waals surface area contributed by atoms with E-state index in [-0.39, 0.29) is 17.2 Å². The monoisotopic (exact) mass is 369 g/mol. The highest BCUT2D eigenvalue weighted by Gasteiger charge is 2.18. The number of anilines is 2. The number of hydrogen-bond acceptors (Lipinski definition) is 5. The van der Waals surface area contributed by atoms with Crippen LogP contribution in [0.5, 0.6) is 5.75 Å². The smallest absolute Gasteiger partial charge is 0.256 e. The molecule has 4 N–H and O–H groups in total. The third-order valence-corrected chi connectivity index (χ3v) is 3.91. The number of ether oxygens (including phenoxy) is 1. The number of H-pyrrole nitrogens is 1. The molecule has 0 fully saturated rings. The zero-order valence-electron chi connectivity index (χ0n) is 13.9. The highest BCUT2D eigenvalue weighted by molar-refractivity contribution is 6.33. The van der Waals surface area contributed by atoms with Crippen molar-refractivity contribution in [2.24, 2.45) is 10.7 Å². The minimum atomic E-state index is -0.657. The van der Waals surface area contributed by atoms with E-state index in [0.29, 0.717) is 10.7 Å². The molecule has 0 spiro atoms. The van der Waals surface area contributed by atoms with Crippen LogP contribution in [0.1, 0.15) is 15.9 Å². The molecule has 2 aromatic carbocycles. The molecular weight excluding hydrogens is 354 g/mol. The maximum Gasteiger partial charge on any atom is 0.256 e. The number of hydrogen-bond donors (Lipinski definition) is 3. The number of nitrogens with zero attached hydrogens (tertiary/aromatic N) is 2. The van der Waals surface area contributed by atoms with Crippen LogP contribution in [0, 0.1) is 0 Å². The Morgan fingerprint density at radius 2 is 2.00 bits per heavy atom. The van der Waals surface area contributed by atoms with Gasteiger partial charge in [-0.15, -0.1) is 0 Å². The summed E-state index contributed by atoms with van der Waals surface area (Å²) < 4.78 is 5.11. The average molecular weight is 370 g/mol. The third-order valence-electron chi connectivity index (χ3n) is 3.58. The number of benzene rings is 2. The van der Waals surface area contributed by atoms with Gasteiger partial charge in [-0.05, 0) is 42.0 Å². The van der Waals surface area contributed by atoms with Crippen LogP contribution in [0.3, 0.4) is 0 Å². The molecule has 0 aliphatic carbocycles. The molecular formula is C18H16ClN5O2. The second-order valence-electron chi connectivity index (χ2n) is 5.30. The maximum atomic E-state index is 11.9. The lowest BCUT2D eigenvalue weighted by molar-refractivity contribution is 0.100. The van der Waals surface area contributed by atoms with Crippen LogP contribution in [0.25, 0.3) is 0 Å². The molecule has 1 heterocycles. The molecule has 0 saturated heterocycles. The summed E-state index contributed by atoms with van der Waals surface area (Å²) in [4.78, 5) is 16.2. The SMILES string of the molecule is COc1ccc(/C=N/c2[nH]nc(Nc3ccccc3Cl)c2C(N)=O)cc1. The predicted molar refractivity (Wildman–Crippen MR) is 102 cm³/mol. The van der Waals surface area contributed by atoms with Gasteiger partial charge in [0.15, 0.2) is 11.6 Å². The van der Waals surface area contributed by atoms with Crippen LogP contribution in [0.15, 0.2) is 53.5 Å². The van der Waals surface area contributed by atoms with Crippen molar-refractivity contribution in [2.75, 3.05) is 12.4 Å². The van der Waals surface area contributed by atoms with Gasteiger partial charge in [0, 0.05) is 6.21 Å². The number of nitrogens with two attached hydrogens (primary N) is 1. The summed E-state index contributed by atoms with van der Waals surface area (Å²) in [5.74, 6) is 0.596. The minimum absolute atomic E-state index is 0.148. The van der Waals surface area contributed by atoms with Crippen molar-refractivity contribution in [3.63, 3.8) is 0 Å². The molecule has 1 aromatic heterocycles. The molecule has 7 nitrogen and oxygen atoms in total. The van der Waals surface area contributed by atoms with Gasteiger partial charge in [0.05, 0.1) is 17.8 Å². The molecule has 0 radical (unpaired) electrons. The van der Waals surface area contributed by atoms with Crippen LogP contribution in [0.2, 0.25) is 5.02 Å². The summed E-state index contributed by atoms with van der Waals surface area (Å²) in [6, 6.07) is 14.4. The number of carbonyl (C=O) groups excluding carboxylic acids is 1. The fourth-order valence-electron chi connectivity index (χ4n) is 2.27. The first-order valence-corrected chi connectivity index (χ1v) is 8.04. The van der Waals surface area contributed by atoms with Crippen LogP contribution < -0.4 is 15.8 Å². The summed E-state index contributed by atoms with van der Waals surface area (Å²) in [6.45, 7) is 0. The van der Waals surface area contributed by atoms with Crippen molar-refractivity contribution in [3.8, 4) is 5.75 Å². The number of primary amides is 1. The van der Waals surface area contributed by atoms with Crippen molar-refractivity contribution in [1.82, 2.24) is 10.2 Å². The Morgan fingerprint density at radius 3 is 2.65 bits per heavy atom. The second kappa shape index (κ2) is 7.71. The molecule has 3 rings (SSSR count). The van der Waals surface area contributed by atoms with Gasteiger partial charge < -0.3 is 15.8 Å². The van der Waals surface area contributed by atoms with Crippen LogP contribution >= 0.6 is 11.6 Å². The maximum absolute atomic E-state index is 11.9. The molecule has 8 heteroatoms. The summed E-state index contributed by atoms with van der Waals surface area (Å²) in [5, 5.41) is 10.3. The van der Waals surface area contributed by atoms with Gasteiger partial charge in [-0.3, -0.25) is 9.89 Å². The van der Waals surface area contributed by atoms with Crippen LogP contribution in [0.4, 0.5) is 17.3 Å². The molecule has 26 heavy (non-hydrogen) atoms. The van der Waals surface area contributed by atoms with Crippen molar-refractivity contribution in [3.05, 3.63) is 64.7 Å². The number of rotatable bonds is 6. The van der Waals surface area contributed by atoms with Crippen molar-refractivity contribution in [2.45, 2.75) is 0 Å². The molecule has 0 bridgehead atoms. The normalized spacial score (nSPS) is 10.8. The third kappa shape index (κ3) is 3.84. The van der Waals surface area contributed by atoms with E-state index in [4.69, 9.17) is 22.1 Å². The lowest BCUT2D eigenvalue weighted by Gasteiger charge is -2.06. The first-order valence-electron chi connectivity index (χ1n) is 7.66. The molecule has 0 aliphatic heterocycles. The van der Waals surface area contributed by atoms with E-state index >= 15 is 0 Å². The summed E-state index contributed by atoms with van der Waals surface area (Å²) in [6.07, 6.45) is 1.60. The van der Waals surface area contributed by atoms with E-state index in [9.17, 15) is 4.79 Å². The van der Waals surface area contributed by atoms with Crippen molar-refractivity contribution >= 4 is 41.0 Å². The van der Waals surface area contributed by atoms with Crippen molar-refractivity contribution in [1.29, 1.82) is 0 Å². The first kappa shape index (κ1) is 17.5. The lowest BCUT2D eigenvalue weighted by atomic mass is 10.2. The summed E-state index contributed by atoms with van der Waals surface area (Å²) in [5.41, 5.74) is 7.08. The van der Waals surface area contributed by atoms with E-state index in [1.165, 1.54) is 0 Å². The highest BCUT2D eigenvalue weighted by Crippen LogP contribution is 2.29. The van der Waals surface area contributed by atoms with Crippen molar-refractivity contribution < 1.29 is 9.53 Å². The van der Waals surface area contributed by atoms with E-state index in [2.05, 4.69) is 20.5 Å². The Morgan fingerprint density at radius 1 is 1.27 bits per heavy atom. The van der Waals surface area contributed by atoms with Gasteiger partial charge in [0.2, 0.25) is 0 Å². The Bertz CT molecular complexity index is 950. The van der Waals surface area contributed by atoms with E-state index in [0.717, 1.165) is 11.3 Å². The molecule has 132 valence electrons. The second-order valence-corrected chi connectivity index (χ2v) is 5.70. The number of amides is 1. The number of carbonyl (C=O) groups is 1. The Balaban J connectivity index is 1.88. The van der Waals surface area contributed by atoms with Gasteiger partial charge in [-0.2, -0.15) is 5.10 Å². The zero-order chi connectivity index (χ0) is 18.5. The van der Waals surface area contributed by atoms with E-state index in [1.807, 2.05) is 30.3 Å². The Kier molecular flexibility index (Phi) is 5.19. The van der Waals surface area contributed by atoms with Gasteiger partial charge in [0.25, 0.3) is 5.91 Å². The number of para-hydroxylation sites is 1. The molecule has 0 saturated carbocycles. The molecule has 0 aliphatic rings. The first-order chi connectivity index (χ1) is 12.6. The minimum Gasteiger partial charge on any atom is -0.497 e. The summed E-state index contributed by atoms with van der Waals surface area (Å²) >= 11 is 6.12. The average Bonchev–Trinajstić information content (AvgIpc) is 3.05. The van der Waals surface area contributed by atoms with Crippen LogP contribution in [-0.4, -0.2) is 29.4 Å². The fraction of sp³-hybridized carbons (Fsp3) is 0.0556. The number of aromatic amines is 1. The van der Waals surface area contributed by atoms with E-state index in [1.54, 1.807) is 31.5 Å². The van der Waals surface area contributed by atoms with Gasteiger partial charge in [0.1, 0.15) is 11.3 Å². The largest absolute Gasteiger partial charge is 0.497 e. The van der Waals surface area contributed by atoms with Gasteiger partial charge in [-0.1, -0.05) is 23.7 Å². The molecule has 0 atom stereocenters. The number of aromatic nitrogens is 2. The molecule has 3 aromatic rings. The number of halogens is 1. The number of nitrogens with one attached hydrogen (secondary N) is 2. The Hall–Kier alpha value is -3.32. The highest BCUT2D eigenvalue weighted by atomic mass is 35.5. The molecule has 0 unspecified atom stereocenters. The Labute approximate surface area is 154 Å². The lowest BCUT2D eigenvalue weighted by Crippen LogP contribution is -2.12. The molecule has 1 amide bonds. The van der Waals surface area contributed by atoms with Gasteiger partial charge >= 0.3 is 0 Å². The number of methoxy groups -OCH3 is 1. The van der Waals surface area contributed by atoms with E-state index < -0.39 is 5.91 Å². The topological polar surface area (TPSA) is 105 Å². The van der Waals surface area contributed by atoms with Crippen LogP contribution in [-0.2, 0) is 0 Å². The fourth-order valence-corrected chi connectivity index (χ4v) is 2.45. The van der Waals surface area contributed by atoms with Gasteiger partial charge in [-0.25, -0.2) is 4.99 Å². The zero-order valence-corrected chi connectivity index (χ0v) is 14.6. The number of aliphatic imine (C=N–C) groups is 1.